The summed E-state index contributed by atoms with van der Waals surface area (Å²) in [5.41, 5.74) is 2.31. The van der Waals surface area contributed by atoms with Gasteiger partial charge in [-0.2, -0.15) is 4.74 Å². The quantitative estimate of drug-likeness (QED) is 0.731. The van der Waals surface area contributed by atoms with Crippen molar-refractivity contribution in [1.82, 2.24) is 4.74 Å². The van der Waals surface area contributed by atoms with Gasteiger partial charge in [-0.1, -0.05) is 30.3 Å². The first-order valence-corrected chi connectivity index (χ1v) is 7.64. The van der Waals surface area contributed by atoms with Crippen LogP contribution in [0.2, 0.25) is 0 Å². The van der Waals surface area contributed by atoms with Gasteiger partial charge in [0, 0.05) is 11.7 Å². The number of carbonyl (C=O) groups is 1. The first-order chi connectivity index (χ1) is 11.1. The molecule has 1 aliphatic rings. The zero-order chi connectivity index (χ0) is 16.0. The molecule has 116 valence electrons. The summed E-state index contributed by atoms with van der Waals surface area (Å²) in [6, 6.07) is 15.0. The molecule has 1 atom stereocenters. The van der Waals surface area contributed by atoms with E-state index in [1.54, 1.807) is 29.2 Å². The summed E-state index contributed by atoms with van der Waals surface area (Å²) in [5, 5.41) is 0.496. The predicted octanol–water partition coefficient (Wildman–Crippen LogP) is 2.57. The normalized spacial score (nSPS) is 16.7. The van der Waals surface area contributed by atoms with Gasteiger partial charge >= 0.3 is 0 Å². The van der Waals surface area contributed by atoms with Gasteiger partial charge in [0.15, 0.2) is 5.58 Å². The molecule has 1 aliphatic heterocycles. The Kier molecular flexibility index (Phi) is 3.08. The summed E-state index contributed by atoms with van der Waals surface area (Å²) in [6.07, 6.45) is 0.830. The third-order valence-electron chi connectivity index (χ3n) is 4.31. The second-order valence-electron chi connectivity index (χ2n) is 5.87. The van der Waals surface area contributed by atoms with Crippen LogP contribution in [-0.2, 0) is 17.8 Å². The fourth-order valence-corrected chi connectivity index (χ4v) is 3.27. The van der Waals surface area contributed by atoms with Crippen LogP contribution in [0.5, 0.6) is 0 Å². The van der Waals surface area contributed by atoms with Gasteiger partial charge in [-0.15, -0.1) is 0 Å². The Bertz CT molecular complexity index is 954. The molecule has 0 saturated heterocycles. The standard InChI is InChI=1S/C18H16N2O3/c1-12-10-13-6-2-4-8-15(13)20(12)17(21)11-19-18(22)14-7-3-5-9-16(14)23-19/h2-9,12H,10-11H2,1H3/t12-/m1/s1. The van der Waals surface area contributed by atoms with E-state index in [1.807, 2.05) is 31.2 Å². The van der Waals surface area contributed by atoms with E-state index in [1.165, 1.54) is 0 Å². The highest BCUT2D eigenvalue weighted by Gasteiger charge is 2.31. The summed E-state index contributed by atoms with van der Waals surface area (Å²) in [7, 11) is 0. The maximum atomic E-state index is 12.7. The topological polar surface area (TPSA) is 55.5 Å². The Morgan fingerprint density at radius 2 is 1.91 bits per heavy atom. The molecule has 0 bridgehead atoms. The Morgan fingerprint density at radius 1 is 1.17 bits per heavy atom. The van der Waals surface area contributed by atoms with E-state index < -0.39 is 0 Å². The molecule has 2 heterocycles. The third kappa shape index (κ3) is 2.16. The summed E-state index contributed by atoms with van der Waals surface area (Å²) < 4.78 is 6.65. The second kappa shape index (κ2) is 5.12. The second-order valence-corrected chi connectivity index (χ2v) is 5.87. The molecule has 2 aromatic carbocycles. The smallest absolute Gasteiger partial charge is 0.290 e. The lowest BCUT2D eigenvalue weighted by Gasteiger charge is -2.22. The molecule has 0 fully saturated rings. The molecule has 0 saturated carbocycles. The van der Waals surface area contributed by atoms with Crippen molar-refractivity contribution in [2.75, 3.05) is 4.90 Å². The van der Waals surface area contributed by atoms with Crippen molar-refractivity contribution < 1.29 is 9.32 Å². The van der Waals surface area contributed by atoms with Gasteiger partial charge in [-0.25, -0.2) is 0 Å². The van der Waals surface area contributed by atoms with Gasteiger partial charge in [0.25, 0.3) is 11.5 Å². The van der Waals surface area contributed by atoms with Crippen LogP contribution in [0.15, 0.2) is 57.8 Å². The van der Waals surface area contributed by atoms with Crippen molar-refractivity contribution in [3.8, 4) is 0 Å². The highest BCUT2D eigenvalue weighted by atomic mass is 16.5. The van der Waals surface area contributed by atoms with Gasteiger partial charge < -0.3 is 9.42 Å². The molecular weight excluding hydrogens is 292 g/mol. The van der Waals surface area contributed by atoms with Crippen molar-refractivity contribution in [2.45, 2.75) is 25.9 Å². The zero-order valence-electron chi connectivity index (χ0n) is 12.7. The number of fused-ring (bicyclic) bond motifs is 2. The first kappa shape index (κ1) is 13.8. The van der Waals surface area contributed by atoms with Crippen molar-refractivity contribution >= 4 is 22.6 Å². The van der Waals surface area contributed by atoms with E-state index >= 15 is 0 Å². The molecule has 1 aromatic heterocycles. The average molecular weight is 308 g/mol. The SMILES string of the molecule is C[C@@H]1Cc2ccccc2N1C(=O)Cn1oc2ccccc2c1=O. The van der Waals surface area contributed by atoms with Crippen molar-refractivity contribution in [2.24, 2.45) is 0 Å². The monoisotopic (exact) mass is 308 g/mol. The van der Waals surface area contributed by atoms with Gasteiger partial charge in [-0.3, -0.25) is 9.59 Å². The molecule has 5 heteroatoms. The van der Waals surface area contributed by atoms with Gasteiger partial charge in [-0.05, 0) is 37.1 Å². The van der Waals surface area contributed by atoms with Gasteiger partial charge in [0.2, 0.25) is 0 Å². The number of carbonyl (C=O) groups excluding carboxylic acids is 1. The van der Waals surface area contributed by atoms with Crippen LogP contribution in [0.4, 0.5) is 5.69 Å². The maximum absolute atomic E-state index is 12.7. The highest BCUT2D eigenvalue weighted by Crippen LogP contribution is 2.31. The molecule has 5 nitrogen and oxygen atoms in total. The Balaban J connectivity index is 1.67. The summed E-state index contributed by atoms with van der Waals surface area (Å²) in [4.78, 5) is 26.8. The largest absolute Gasteiger partial charge is 0.375 e. The van der Waals surface area contributed by atoms with Crippen LogP contribution in [0.3, 0.4) is 0 Å². The van der Waals surface area contributed by atoms with E-state index in [-0.39, 0.29) is 24.1 Å². The van der Waals surface area contributed by atoms with Crippen LogP contribution in [0.25, 0.3) is 11.0 Å². The number of rotatable bonds is 2. The van der Waals surface area contributed by atoms with E-state index in [0.717, 1.165) is 22.4 Å². The highest BCUT2D eigenvalue weighted by molar-refractivity contribution is 5.96. The average Bonchev–Trinajstić information content (AvgIpc) is 3.04. The molecule has 0 unspecified atom stereocenters. The third-order valence-corrected chi connectivity index (χ3v) is 4.31. The minimum atomic E-state index is -0.269. The molecule has 3 aromatic rings. The molecule has 0 aliphatic carbocycles. The number of hydrogen-bond donors (Lipinski definition) is 0. The minimum Gasteiger partial charge on any atom is -0.375 e. The fraction of sp³-hybridized carbons (Fsp3) is 0.222. The molecule has 0 spiro atoms. The number of anilines is 1. The van der Waals surface area contributed by atoms with Gasteiger partial charge in [0.05, 0.1) is 5.39 Å². The predicted molar refractivity (Wildman–Crippen MR) is 87.6 cm³/mol. The first-order valence-electron chi connectivity index (χ1n) is 7.64. The maximum Gasteiger partial charge on any atom is 0.290 e. The molecule has 4 rings (SSSR count). The lowest BCUT2D eigenvalue weighted by Crippen LogP contribution is -2.39. The van der Waals surface area contributed by atoms with Crippen LogP contribution in [0, 0.1) is 0 Å². The zero-order valence-corrected chi connectivity index (χ0v) is 12.7. The molecule has 0 N–H and O–H groups in total. The number of para-hydroxylation sites is 2. The minimum absolute atomic E-state index is 0.0833. The summed E-state index contributed by atoms with van der Waals surface area (Å²) >= 11 is 0. The van der Waals surface area contributed by atoms with Crippen LogP contribution < -0.4 is 10.5 Å². The summed E-state index contributed by atoms with van der Waals surface area (Å²) in [5.74, 6) is -0.136. The Hall–Kier alpha value is -2.82. The Labute approximate surface area is 132 Å². The van der Waals surface area contributed by atoms with E-state index in [2.05, 4.69) is 0 Å². The fourth-order valence-electron chi connectivity index (χ4n) is 3.27. The number of benzene rings is 2. The van der Waals surface area contributed by atoms with Crippen molar-refractivity contribution in [3.05, 3.63) is 64.4 Å². The number of hydrogen-bond acceptors (Lipinski definition) is 3. The van der Waals surface area contributed by atoms with E-state index in [0.29, 0.717) is 11.0 Å². The lowest BCUT2D eigenvalue weighted by atomic mass is 10.1. The van der Waals surface area contributed by atoms with Gasteiger partial charge in [0.1, 0.15) is 6.54 Å². The number of amides is 1. The number of nitrogens with zero attached hydrogens (tertiary/aromatic N) is 2. The van der Waals surface area contributed by atoms with E-state index in [9.17, 15) is 9.59 Å². The molecular formula is C18H16N2O3. The van der Waals surface area contributed by atoms with Crippen LogP contribution >= 0.6 is 0 Å². The number of aromatic nitrogens is 1. The van der Waals surface area contributed by atoms with Crippen molar-refractivity contribution in [1.29, 1.82) is 0 Å². The lowest BCUT2D eigenvalue weighted by molar-refractivity contribution is -0.120. The molecule has 1 amide bonds. The van der Waals surface area contributed by atoms with Crippen LogP contribution in [-0.4, -0.2) is 16.7 Å². The van der Waals surface area contributed by atoms with Crippen LogP contribution in [0.1, 0.15) is 12.5 Å². The Morgan fingerprint density at radius 3 is 2.74 bits per heavy atom. The summed E-state index contributed by atoms with van der Waals surface area (Å²) in [6.45, 7) is 1.92. The van der Waals surface area contributed by atoms with E-state index in [4.69, 9.17) is 4.52 Å². The molecule has 0 radical (unpaired) electrons. The molecule has 23 heavy (non-hydrogen) atoms. The van der Waals surface area contributed by atoms with Crippen molar-refractivity contribution in [3.63, 3.8) is 0 Å².